The van der Waals surface area contributed by atoms with E-state index in [1.807, 2.05) is 12.3 Å². The molecule has 1 heterocycles. The fourth-order valence-corrected chi connectivity index (χ4v) is 1.45. The lowest BCUT2D eigenvalue weighted by Crippen LogP contribution is -2.10. The van der Waals surface area contributed by atoms with E-state index in [0.717, 1.165) is 5.56 Å². The number of carbonyl (C=O) groups excluding carboxylic acids is 1. The van der Waals surface area contributed by atoms with Crippen molar-refractivity contribution in [1.29, 1.82) is 0 Å². The van der Waals surface area contributed by atoms with Crippen LogP contribution in [0, 0.1) is 6.92 Å². The number of aryl methyl sites for hydroxylation is 1. The molecule has 56 valence electrons. The molecule has 0 aromatic carbocycles. The summed E-state index contributed by atoms with van der Waals surface area (Å²) >= 11 is 1.49. The van der Waals surface area contributed by atoms with E-state index in [-0.39, 0.29) is 18.3 Å². The first-order valence-corrected chi connectivity index (χ1v) is 3.48. The second kappa shape index (κ2) is 3.58. The van der Waals surface area contributed by atoms with Gasteiger partial charge in [0.25, 0.3) is 0 Å². The summed E-state index contributed by atoms with van der Waals surface area (Å²) in [5, 5.41) is 3.66. The van der Waals surface area contributed by atoms with Gasteiger partial charge in [0.15, 0.2) is 0 Å². The van der Waals surface area contributed by atoms with Crippen LogP contribution in [0.15, 0.2) is 10.8 Å². The van der Waals surface area contributed by atoms with Crippen molar-refractivity contribution in [1.82, 2.24) is 0 Å². The molecule has 0 bridgehead atoms. The number of primary amides is 1. The van der Waals surface area contributed by atoms with Crippen LogP contribution in [0.4, 0.5) is 0 Å². The summed E-state index contributed by atoms with van der Waals surface area (Å²) in [7, 11) is 0. The molecule has 0 spiro atoms. The summed E-state index contributed by atoms with van der Waals surface area (Å²) in [4.78, 5) is 10.5. The number of nitrogens with two attached hydrogens (primary N) is 1. The molecule has 10 heavy (non-hydrogen) atoms. The molecule has 1 rings (SSSR count). The van der Waals surface area contributed by atoms with Gasteiger partial charge in [0.05, 0.1) is 5.56 Å². The molecule has 0 aliphatic rings. The Morgan fingerprint density at radius 3 is 2.40 bits per heavy atom. The number of rotatable bonds is 1. The van der Waals surface area contributed by atoms with E-state index in [0.29, 0.717) is 5.56 Å². The smallest absolute Gasteiger partial charge is 0.249 e. The molecule has 0 atom stereocenters. The predicted octanol–water partition coefficient (Wildman–Crippen LogP) is 1.58. The highest BCUT2D eigenvalue weighted by Crippen LogP contribution is 2.11. The molecule has 1 amide bonds. The van der Waals surface area contributed by atoms with Gasteiger partial charge < -0.3 is 5.73 Å². The Morgan fingerprint density at radius 1 is 1.60 bits per heavy atom. The third kappa shape index (κ3) is 1.72. The Bertz CT molecular complexity index is 233. The van der Waals surface area contributed by atoms with E-state index in [1.54, 1.807) is 5.38 Å². The molecule has 0 aliphatic carbocycles. The summed E-state index contributed by atoms with van der Waals surface area (Å²) < 4.78 is 0. The molecule has 0 fully saturated rings. The molecule has 4 heteroatoms. The predicted molar refractivity (Wildman–Crippen MR) is 44.8 cm³/mol. The van der Waals surface area contributed by atoms with Crippen molar-refractivity contribution in [2.24, 2.45) is 5.73 Å². The Kier molecular flexibility index (Phi) is 3.39. The second-order valence-corrected chi connectivity index (χ2v) is 2.58. The topological polar surface area (TPSA) is 43.1 Å². The molecule has 0 aliphatic heterocycles. The average Bonchev–Trinajstić information content (AvgIpc) is 2.13. The van der Waals surface area contributed by atoms with Crippen LogP contribution in [-0.4, -0.2) is 5.91 Å². The quantitative estimate of drug-likeness (QED) is 0.696. The molecule has 0 unspecified atom stereocenters. The normalized spacial score (nSPS) is 8.50. The van der Waals surface area contributed by atoms with Crippen LogP contribution in [0.1, 0.15) is 15.9 Å². The van der Waals surface area contributed by atoms with Crippen LogP contribution in [0.25, 0.3) is 0 Å². The highest BCUT2D eigenvalue weighted by molar-refractivity contribution is 7.08. The third-order valence-electron chi connectivity index (χ3n) is 1.12. The lowest BCUT2D eigenvalue weighted by Gasteiger charge is -1.87. The van der Waals surface area contributed by atoms with E-state index < -0.39 is 0 Å². The van der Waals surface area contributed by atoms with Crippen LogP contribution in [0.2, 0.25) is 0 Å². The minimum atomic E-state index is -0.339. The van der Waals surface area contributed by atoms with Gasteiger partial charge in [-0.3, -0.25) is 4.79 Å². The van der Waals surface area contributed by atoms with Gasteiger partial charge in [-0.25, -0.2) is 0 Å². The van der Waals surface area contributed by atoms with Gasteiger partial charge >= 0.3 is 0 Å². The minimum absolute atomic E-state index is 0. The monoisotopic (exact) mass is 177 g/mol. The Morgan fingerprint density at radius 2 is 2.20 bits per heavy atom. The number of carbonyl (C=O) groups is 1. The zero-order chi connectivity index (χ0) is 6.85. The van der Waals surface area contributed by atoms with E-state index in [9.17, 15) is 4.79 Å². The largest absolute Gasteiger partial charge is 0.366 e. The summed E-state index contributed by atoms with van der Waals surface area (Å²) in [6.45, 7) is 1.87. The van der Waals surface area contributed by atoms with Crippen LogP contribution < -0.4 is 5.73 Å². The molecular weight excluding hydrogens is 170 g/mol. The molecular formula is C6H8ClNOS. The zero-order valence-corrected chi connectivity index (χ0v) is 7.09. The zero-order valence-electron chi connectivity index (χ0n) is 5.46. The van der Waals surface area contributed by atoms with Crippen molar-refractivity contribution < 1.29 is 4.79 Å². The van der Waals surface area contributed by atoms with E-state index in [1.165, 1.54) is 11.3 Å². The fraction of sp³-hybridized carbons (Fsp3) is 0.167. The van der Waals surface area contributed by atoms with Gasteiger partial charge in [0.2, 0.25) is 5.91 Å². The molecule has 0 saturated heterocycles. The van der Waals surface area contributed by atoms with Gasteiger partial charge in [-0.05, 0) is 17.9 Å². The number of hydrogen-bond acceptors (Lipinski definition) is 2. The molecule has 2 N–H and O–H groups in total. The van der Waals surface area contributed by atoms with Crippen LogP contribution in [-0.2, 0) is 0 Å². The van der Waals surface area contributed by atoms with Gasteiger partial charge in [-0.1, -0.05) is 0 Å². The Labute approximate surface area is 69.5 Å². The van der Waals surface area contributed by atoms with Crippen molar-refractivity contribution in [3.63, 3.8) is 0 Å². The summed E-state index contributed by atoms with van der Waals surface area (Å²) in [5.74, 6) is -0.339. The second-order valence-electron chi connectivity index (χ2n) is 1.83. The van der Waals surface area contributed by atoms with Crippen LogP contribution in [0.3, 0.4) is 0 Å². The maximum atomic E-state index is 10.5. The number of hydrogen-bond donors (Lipinski definition) is 1. The van der Waals surface area contributed by atoms with E-state index in [2.05, 4.69) is 0 Å². The number of amides is 1. The Balaban J connectivity index is 0.000000810. The van der Waals surface area contributed by atoms with Gasteiger partial charge in [0.1, 0.15) is 0 Å². The van der Waals surface area contributed by atoms with Crippen molar-refractivity contribution in [2.45, 2.75) is 6.92 Å². The summed E-state index contributed by atoms with van der Waals surface area (Å²) in [6, 6.07) is 0. The van der Waals surface area contributed by atoms with E-state index in [4.69, 9.17) is 5.73 Å². The van der Waals surface area contributed by atoms with Gasteiger partial charge in [-0.2, -0.15) is 11.3 Å². The molecule has 2 nitrogen and oxygen atoms in total. The van der Waals surface area contributed by atoms with Crippen LogP contribution in [0.5, 0.6) is 0 Å². The van der Waals surface area contributed by atoms with Crippen molar-refractivity contribution in [3.05, 3.63) is 21.9 Å². The standard InChI is InChI=1S/C6H7NOS.ClH/c1-4-2-9-3-5(4)6(7)8;/h2-3H,1H3,(H2,7,8);1H. The lowest BCUT2D eigenvalue weighted by atomic mass is 10.2. The molecule has 0 radical (unpaired) electrons. The fourth-order valence-electron chi connectivity index (χ4n) is 0.613. The summed E-state index contributed by atoms with van der Waals surface area (Å²) in [5.41, 5.74) is 6.63. The van der Waals surface area contributed by atoms with Crippen molar-refractivity contribution >= 4 is 29.7 Å². The highest BCUT2D eigenvalue weighted by atomic mass is 35.5. The summed E-state index contributed by atoms with van der Waals surface area (Å²) in [6.07, 6.45) is 0. The first-order valence-electron chi connectivity index (χ1n) is 2.54. The Hall–Kier alpha value is -0.540. The van der Waals surface area contributed by atoms with Crippen molar-refractivity contribution in [3.8, 4) is 0 Å². The minimum Gasteiger partial charge on any atom is -0.366 e. The molecule has 1 aromatic rings. The number of thiophene rings is 1. The molecule has 0 saturated carbocycles. The first-order chi connectivity index (χ1) is 4.22. The maximum Gasteiger partial charge on any atom is 0.249 e. The maximum absolute atomic E-state index is 10.5. The SMILES string of the molecule is Cc1cscc1C(N)=O.Cl. The van der Waals surface area contributed by atoms with Gasteiger partial charge in [-0.15, -0.1) is 12.4 Å². The first kappa shape index (κ1) is 9.46. The highest BCUT2D eigenvalue weighted by Gasteiger charge is 2.02. The average molecular weight is 178 g/mol. The lowest BCUT2D eigenvalue weighted by molar-refractivity contribution is 0.1000. The van der Waals surface area contributed by atoms with Crippen molar-refractivity contribution in [2.75, 3.05) is 0 Å². The molecule has 1 aromatic heterocycles. The van der Waals surface area contributed by atoms with Crippen LogP contribution >= 0.6 is 23.7 Å². The third-order valence-corrected chi connectivity index (χ3v) is 1.98. The number of halogens is 1. The van der Waals surface area contributed by atoms with E-state index >= 15 is 0 Å². The van der Waals surface area contributed by atoms with Gasteiger partial charge in [0, 0.05) is 5.38 Å².